The average molecular weight is 543 g/mol. The fourth-order valence-electron chi connectivity index (χ4n) is 4.42. The number of nitrogens with zero attached hydrogens (tertiary/aromatic N) is 3. The standard InChI is InChI=1S/C31H34N4O3S/c1-22-11-15-30(16-12-22)39(37,38)34(20-27-9-7-6-8-10-27)21-31(36)33-32-19-28-18-25(4)35(26(28)5)29-14-13-23(2)24(3)17-29/h6-19H,20-21H2,1-5H3,(H,33,36)/b32-19+. The van der Waals surface area contributed by atoms with Gasteiger partial charge in [0, 0.05) is 29.2 Å². The maximum atomic E-state index is 13.4. The summed E-state index contributed by atoms with van der Waals surface area (Å²) in [6.45, 7) is 9.78. The molecular weight excluding hydrogens is 508 g/mol. The molecule has 3 aromatic carbocycles. The summed E-state index contributed by atoms with van der Waals surface area (Å²) in [6, 6.07) is 24.1. The Morgan fingerprint density at radius 1 is 0.897 bits per heavy atom. The number of sulfonamides is 1. The molecule has 202 valence electrons. The molecule has 0 fully saturated rings. The highest BCUT2D eigenvalue weighted by atomic mass is 32.2. The number of hydrazone groups is 1. The van der Waals surface area contributed by atoms with E-state index in [1.807, 2.05) is 57.2 Å². The fraction of sp³-hybridized carbons (Fsp3) is 0.226. The minimum Gasteiger partial charge on any atom is -0.318 e. The number of rotatable bonds is 9. The Bertz CT molecular complexity index is 1610. The Morgan fingerprint density at radius 3 is 2.26 bits per heavy atom. The van der Waals surface area contributed by atoms with Crippen LogP contribution in [0.1, 0.15) is 39.2 Å². The van der Waals surface area contributed by atoms with Gasteiger partial charge < -0.3 is 4.57 Å². The zero-order valence-corrected chi connectivity index (χ0v) is 23.8. The molecule has 4 rings (SSSR count). The normalized spacial score (nSPS) is 11.8. The molecule has 1 heterocycles. The van der Waals surface area contributed by atoms with E-state index in [0.717, 1.165) is 33.8 Å². The highest BCUT2D eigenvalue weighted by Gasteiger charge is 2.27. The molecule has 0 bridgehead atoms. The van der Waals surface area contributed by atoms with E-state index in [-0.39, 0.29) is 18.0 Å². The summed E-state index contributed by atoms with van der Waals surface area (Å²) < 4.78 is 30.2. The van der Waals surface area contributed by atoms with Crippen molar-refractivity contribution in [1.29, 1.82) is 0 Å². The Morgan fingerprint density at radius 2 is 1.59 bits per heavy atom. The van der Waals surface area contributed by atoms with Gasteiger partial charge in [0.05, 0.1) is 17.7 Å². The topological polar surface area (TPSA) is 83.8 Å². The third-order valence-electron chi connectivity index (χ3n) is 6.79. The van der Waals surface area contributed by atoms with E-state index in [2.05, 4.69) is 47.1 Å². The number of nitrogens with one attached hydrogen (secondary N) is 1. The summed E-state index contributed by atoms with van der Waals surface area (Å²) in [4.78, 5) is 13.0. The molecule has 0 radical (unpaired) electrons. The molecule has 4 aromatic rings. The molecule has 0 spiro atoms. The molecular formula is C31H34N4O3S. The number of carbonyl (C=O) groups excluding carboxylic acids is 1. The maximum Gasteiger partial charge on any atom is 0.255 e. The molecule has 1 amide bonds. The van der Waals surface area contributed by atoms with Crippen LogP contribution < -0.4 is 5.43 Å². The van der Waals surface area contributed by atoms with Gasteiger partial charge in [-0.25, -0.2) is 13.8 Å². The Hall–Kier alpha value is -4.01. The zero-order valence-electron chi connectivity index (χ0n) is 23.0. The highest BCUT2D eigenvalue weighted by molar-refractivity contribution is 7.89. The van der Waals surface area contributed by atoms with Gasteiger partial charge in [-0.2, -0.15) is 9.41 Å². The third kappa shape index (κ3) is 6.53. The maximum absolute atomic E-state index is 13.4. The molecule has 0 saturated carbocycles. The Kier molecular flexibility index (Phi) is 8.47. The van der Waals surface area contributed by atoms with E-state index in [0.29, 0.717) is 0 Å². The Labute approximate surface area is 230 Å². The summed E-state index contributed by atoms with van der Waals surface area (Å²) in [5.41, 5.74) is 10.6. The van der Waals surface area contributed by atoms with Crippen molar-refractivity contribution in [2.45, 2.75) is 46.1 Å². The van der Waals surface area contributed by atoms with Gasteiger partial charge in [0.1, 0.15) is 0 Å². The van der Waals surface area contributed by atoms with Gasteiger partial charge in [-0.3, -0.25) is 4.79 Å². The molecule has 7 nitrogen and oxygen atoms in total. The lowest BCUT2D eigenvalue weighted by molar-refractivity contribution is -0.121. The van der Waals surface area contributed by atoms with Gasteiger partial charge in [-0.15, -0.1) is 0 Å². The van der Waals surface area contributed by atoms with Crippen molar-refractivity contribution in [2.24, 2.45) is 5.10 Å². The minimum absolute atomic E-state index is 0.0608. The van der Waals surface area contributed by atoms with Crippen LogP contribution in [0, 0.1) is 34.6 Å². The highest BCUT2D eigenvalue weighted by Crippen LogP contribution is 2.22. The second-order valence-electron chi connectivity index (χ2n) is 9.80. The van der Waals surface area contributed by atoms with Gasteiger partial charge in [0.25, 0.3) is 5.91 Å². The molecule has 0 atom stereocenters. The van der Waals surface area contributed by atoms with Crippen LogP contribution in [0.4, 0.5) is 0 Å². The van der Waals surface area contributed by atoms with Crippen LogP contribution in [0.3, 0.4) is 0 Å². The molecule has 0 unspecified atom stereocenters. The minimum atomic E-state index is -3.92. The van der Waals surface area contributed by atoms with Crippen LogP contribution >= 0.6 is 0 Å². The first-order chi connectivity index (χ1) is 18.6. The summed E-state index contributed by atoms with van der Waals surface area (Å²) in [5.74, 6) is -0.527. The Balaban J connectivity index is 1.51. The molecule has 0 aliphatic heterocycles. The molecule has 1 N–H and O–H groups in total. The molecule has 8 heteroatoms. The lowest BCUT2D eigenvalue weighted by Crippen LogP contribution is -2.39. The van der Waals surface area contributed by atoms with Gasteiger partial charge in [0.15, 0.2) is 0 Å². The molecule has 0 saturated heterocycles. The summed E-state index contributed by atoms with van der Waals surface area (Å²) in [6.07, 6.45) is 1.59. The monoisotopic (exact) mass is 542 g/mol. The second kappa shape index (κ2) is 11.8. The van der Waals surface area contributed by atoms with Crippen molar-refractivity contribution < 1.29 is 13.2 Å². The van der Waals surface area contributed by atoms with E-state index < -0.39 is 15.9 Å². The number of carbonyl (C=O) groups is 1. The number of aromatic nitrogens is 1. The summed E-state index contributed by atoms with van der Waals surface area (Å²) in [5, 5.41) is 4.15. The summed E-state index contributed by atoms with van der Waals surface area (Å²) >= 11 is 0. The van der Waals surface area contributed by atoms with Gasteiger partial charge in [-0.1, -0.05) is 54.1 Å². The summed E-state index contributed by atoms with van der Waals surface area (Å²) in [7, 11) is -3.92. The van der Waals surface area contributed by atoms with Crippen molar-refractivity contribution >= 4 is 22.1 Å². The van der Waals surface area contributed by atoms with Crippen molar-refractivity contribution in [3.63, 3.8) is 0 Å². The largest absolute Gasteiger partial charge is 0.318 e. The first kappa shape index (κ1) is 28.0. The smallest absolute Gasteiger partial charge is 0.255 e. The number of benzene rings is 3. The predicted octanol–water partition coefficient (Wildman–Crippen LogP) is 5.36. The molecule has 1 aromatic heterocycles. The predicted molar refractivity (Wildman–Crippen MR) is 156 cm³/mol. The zero-order chi connectivity index (χ0) is 28.2. The van der Waals surface area contributed by atoms with Crippen molar-refractivity contribution in [2.75, 3.05) is 6.54 Å². The number of hydrogen-bond acceptors (Lipinski definition) is 4. The van der Waals surface area contributed by atoms with E-state index in [1.54, 1.807) is 30.5 Å². The number of aryl methyl sites for hydroxylation is 4. The van der Waals surface area contributed by atoms with Crippen molar-refractivity contribution in [3.8, 4) is 5.69 Å². The number of hydrogen-bond donors (Lipinski definition) is 1. The van der Waals surface area contributed by atoms with Crippen molar-refractivity contribution in [1.82, 2.24) is 14.3 Å². The first-order valence-electron chi connectivity index (χ1n) is 12.8. The van der Waals surface area contributed by atoms with Crippen LogP contribution in [-0.4, -0.2) is 36.0 Å². The lowest BCUT2D eigenvalue weighted by atomic mass is 10.1. The quantitative estimate of drug-likeness (QED) is 0.228. The van der Waals surface area contributed by atoms with Crippen molar-refractivity contribution in [3.05, 3.63) is 118 Å². The van der Waals surface area contributed by atoms with E-state index in [4.69, 9.17) is 0 Å². The number of amides is 1. The van der Waals surface area contributed by atoms with Gasteiger partial charge >= 0.3 is 0 Å². The first-order valence-corrected chi connectivity index (χ1v) is 14.2. The SMILES string of the molecule is Cc1ccc(S(=O)(=O)N(CC(=O)N/N=C/c2cc(C)n(-c3ccc(C)c(C)c3)c2C)Cc2ccccc2)cc1. The van der Waals surface area contributed by atoms with Crippen LogP contribution in [0.2, 0.25) is 0 Å². The van der Waals surface area contributed by atoms with Gasteiger partial charge in [-0.05, 0) is 81.6 Å². The average Bonchev–Trinajstić information content (AvgIpc) is 3.18. The van der Waals surface area contributed by atoms with E-state index in [1.165, 1.54) is 15.4 Å². The second-order valence-corrected chi connectivity index (χ2v) is 11.7. The van der Waals surface area contributed by atoms with Crippen LogP contribution in [0.25, 0.3) is 5.69 Å². The van der Waals surface area contributed by atoms with Gasteiger partial charge in [0.2, 0.25) is 10.0 Å². The fourth-order valence-corrected chi connectivity index (χ4v) is 5.81. The van der Waals surface area contributed by atoms with Crippen LogP contribution in [-0.2, 0) is 21.4 Å². The van der Waals surface area contributed by atoms with E-state index in [9.17, 15) is 13.2 Å². The molecule has 39 heavy (non-hydrogen) atoms. The van der Waals surface area contributed by atoms with Crippen LogP contribution in [0.5, 0.6) is 0 Å². The van der Waals surface area contributed by atoms with E-state index >= 15 is 0 Å². The molecule has 0 aliphatic carbocycles. The third-order valence-corrected chi connectivity index (χ3v) is 8.60. The van der Waals surface area contributed by atoms with Crippen LogP contribution in [0.15, 0.2) is 88.9 Å². The lowest BCUT2D eigenvalue weighted by Gasteiger charge is -2.21. The molecule has 0 aliphatic rings.